The number of likely N-dealkylation sites (tertiary alicyclic amines) is 1. The van der Waals surface area contributed by atoms with E-state index in [1.54, 1.807) is 0 Å². The average Bonchev–Trinajstić information content (AvgIpc) is 2.97. The summed E-state index contributed by atoms with van der Waals surface area (Å²) in [5.74, 6) is 0.182. The van der Waals surface area contributed by atoms with Crippen LogP contribution in [0.4, 0.5) is 0 Å². The summed E-state index contributed by atoms with van der Waals surface area (Å²) >= 11 is 0. The van der Waals surface area contributed by atoms with Crippen LogP contribution in [0.3, 0.4) is 0 Å². The largest absolute Gasteiger partial charge is 0.379 e. The fourth-order valence-electron chi connectivity index (χ4n) is 2.58. The van der Waals surface area contributed by atoms with E-state index in [1.807, 2.05) is 6.92 Å². The molecule has 4 nitrogen and oxygen atoms in total. The van der Waals surface area contributed by atoms with Crippen molar-refractivity contribution in [1.29, 1.82) is 0 Å². The second-order valence-corrected chi connectivity index (χ2v) is 5.74. The number of nitrogens with one attached hydrogen (secondary N) is 1. The number of carbonyl (C=O) groups is 1. The van der Waals surface area contributed by atoms with Crippen LogP contribution in [0.5, 0.6) is 0 Å². The van der Waals surface area contributed by atoms with E-state index in [-0.39, 0.29) is 11.3 Å². The monoisotopic (exact) mass is 224 g/mol. The Kier molecular flexibility index (Phi) is 2.44. The zero-order valence-corrected chi connectivity index (χ0v) is 9.87. The lowest BCUT2D eigenvalue weighted by Gasteiger charge is -2.37. The highest BCUT2D eigenvalue weighted by Crippen LogP contribution is 2.31. The summed E-state index contributed by atoms with van der Waals surface area (Å²) in [6, 6.07) is 1.19. The molecule has 0 aromatic heterocycles. The minimum atomic E-state index is -0.257. The Balaban J connectivity index is 1.49. The van der Waals surface area contributed by atoms with Crippen molar-refractivity contribution in [2.45, 2.75) is 38.3 Å². The van der Waals surface area contributed by atoms with Crippen molar-refractivity contribution in [1.82, 2.24) is 10.2 Å². The van der Waals surface area contributed by atoms with E-state index in [9.17, 15) is 4.79 Å². The molecule has 1 amide bonds. The second-order valence-electron chi connectivity index (χ2n) is 5.74. The Morgan fingerprint density at radius 3 is 2.69 bits per heavy atom. The molecule has 0 bridgehead atoms. The maximum absolute atomic E-state index is 12.0. The van der Waals surface area contributed by atoms with Gasteiger partial charge in [0.2, 0.25) is 5.91 Å². The molecule has 0 radical (unpaired) electrons. The fourth-order valence-corrected chi connectivity index (χ4v) is 2.58. The van der Waals surface area contributed by atoms with Crippen molar-refractivity contribution in [2.24, 2.45) is 5.41 Å². The van der Waals surface area contributed by atoms with Crippen LogP contribution in [0.2, 0.25) is 0 Å². The molecule has 2 saturated heterocycles. The van der Waals surface area contributed by atoms with E-state index >= 15 is 0 Å². The van der Waals surface area contributed by atoms with Gasteiger partial charge in [0.05, 0.1) is 18.6 Å². The number of rotatable bonds is 3. The van der Waals surface area contributed by atoms with Crippen molar-refractivity contribution in [3.05, 3.63) is 0 Å². The quantitative estimate of drug-likeness (QED) is 0.753. The van der Waals surface area contributed by atoms with Gasteiger partial charge in [-0.05, 0) is 26.2 Å². The third-order valence-electron chi connectivity index (χ3n) is 4.01. The first-order valence-corrected chi connectivity index (χ1v) is 6.30. The van der Waals surface area contributed by atoms with Crippen LogP contribution in [0.25, 0.3) is 0 Å². The molecule has 3 fully saturated rings. The Morgan fingerprint density at radius 1 is 1.38 bits per heavy atom. The molecule has 4 heteroatoms. The summed E-state index contributed by atoms with van der Waals surface area (Å²) < 4.78 is 5.12. The van der Waals surface area contributed by atoms with Crippen molar-refractivity contribution in [3.8, 4) is 0 Å². The maximum atomic E-state index is 12.0. The van der Waals surface area contributed by atoms with Gasteiger partial charge in [-0.2, -0.15) is 0 Å². The van der Waals surface area contributed by atoms with Crippen LogP contribution in [-0.4, -0.2) is 49.2 Å². The van der Waals surface area contributed by atoms with Crippen molar-refractivity contribution in [2.75, 3.05) is 26.3 Å². The van der Waals surface area contributed by atoms with Gasteiger partial charge in [-0.15, -0.1) is 0 Å². The smallest absolute Gasteiger partial charge is 0.230 e. The number of amides is 1. The van der Waals surface area contributed by atoms with E-state index in [4.69, 9.17) is 4.74 Å². The van der Waals surface area contributed by atoms with Gasteiger partial charge in [0.1, 0.15) is 0 Å². The summed E-state index contributed by atoms with van der Waals surface area (Å²) in [6.45, 7) is 5.35. The van der Waals surface area contributed by atoms with Gasteiger partial charge in [-0.1, -0.05) is 0 Å². The van der Waals surface area contributed by atoms with Crippen molar-refractivity contribution >= 4 is 5.91 Å². The van der Waals surface area contributed by atoms with Gasteiger partial charge in [-0.25, -0.2) is 0 Å². The van der Waals surface area contributed by atoms with Gasteiger partial charge in [0, 0.05) is 25.2 Å². The zero-order valence-electron chi connectivity index (χ0n) is 9.87. The van der Waals surface area contributed by atoms with Crippen molar-refractivity contribution in [3.63, 3.8) is 0 Å². The minimum absolute atomic E-state index is 0.182. The van der Waals surface area contributed by atoms with E-state index in [0.717, 1.165) is 25.6 Å². The predicted molar refractivity (Wildman–Crippen MR) is 60.1 cm³/mol. The van der Waals surface area contributed by atoms with Crippen LogP contribution in [-0.2, 0) is 9.53 Å². The van der Waals surface area contributed by atoms with Crippen LogP contribution in [0.15, 0.2) is 0 Å². The highest BCUT2D eigenvalue weighted by atomic mass is 16.5. The summed E-state index contributed by atoms with van der Waals surface area (Å²) in [6.07, 6.45) is 3.82. The van der Waals surface area contributed by atoms with E-state index in [2.05, 4.69) is 10.2 Å². The van der Waals surface area contributed by atoms with Gasteiger partial charge in [0.15, 0.2) is 0 Å². The molecule has 16 heavy (non-hydrogen) atoms. The summed E-state index contributed by atoms with van der Waals surface area (Å²) in [5, 5.41) is 3.17. The SMILES string of the molecule is CC1(C(=O)N[C@@H]2CCN(C3CC3)C2)COC1. The molecule has 0 aromatic carbocycles. The maximum Gasteiger partial charge on any atom is 0.230 e. The molecule has 1 atom stereocenters. The Bertz CT molecular complexity index is 297. The normalized spacial score (nSPS) is 33.4. The molecule has 0 spiro atoms. The number of carbonyl (C=O) groups excluding carboxylic acids is 1. The zero-order chi connectivity index (χ0) is 11.2. The lowest BCUT2D eigenvalue weighted by atomic mass is 9.87. The summed E-state index contributed by atoms with van der Waals surface area (Å²) in [7, 11) is 0. The van der Waals surface area contributed by atoms with E-state index < -0.39 is 0 Å². The summed E-state index contributed by atoms with van der Waals surface area (Å²) in [4.78, 5) is 14.5. The first-order valence-electron chi connectivity index (χ1n) is 6.30. The van der Waals surface area contributed by atoms with Gasteiger partial charge < -0.3 is 10.1 Å². The molecule has 2 aliphatic heterocycles. The first kappa shape index (κ1) is 10.5. The minimum Gasteiger partial charge on any atom is -0.379 e. The highest BCUT2D eigenvalue weighted by molar-refractivity contribution is 5.83. The molecule has 0 unspecified atom stereocenters. The van der Waals surface area contributed by atoms with Gasteiger partial charge in [0.25, 0.3) is 0 Å². The topological polar surface area (TPSA) is 41.6 Å². The fraction of sp³-hybridized carbons (Fsp3) is 0.917. The number of ether oxygens (including phenoxy) is 1. The predicted octanol–water partition coefficient (Wildman–Crippen LogP) is 0.376. The van der Waals surface area contributed by atoms with Crippen LogP contribution in [0, 0.1) is 5.41 Å². The van der Waals surface area contributed by atoms with Crippen LogP contribution >= 0.6 is 0 Å². The Hall–Kier alpha value is -0.610. The lowest BCUT2D eigenvalue weighted by molar-refractivity contribution is -0.158. The van der Waals surface area contributed by atoms with Crippen molar-refractivity contribution < 1.29 is 9.53 Å². The number of hydrogen-bond donors (Lipinski definition) is 1. The standard InChI is InChI=1S/C12H20N2O2/c1-12(7-16-8-12)11(15)13-9-4-5-14(6-9)10-2-3-10/h9-10H,2-8H2,1H3,(H,13,15)/t9-/m1/s1. The Morgan fingerprint density at radius 2 is 2.12 bits per heavy atom. The molecule has 90 valence electrons. The molecule has 1 N–H and O–H groups in total. The van der Waals surface area contributed by atoms with Crippen LogP contribution in [0.1, 0.15) is 26.2 Å². The molecule has 2 heterocycles. The molecule has 3 aliphatic rings. The third kappa shape index (κ3) is 1.84. The van der Waals surface area contributed by atoms with E-state index in [0.29, 0.717) is 19.3 Å². The number of hydrogen-bond acceptors (Lipinski definition) is 3. The van der Waals surface area contributed by atoms with Gasteiger partial charge >= 0.3 is 0 Å². The molecular weight excluding hydrogens is 204 g/mol. The van der Waals surface area contributed by atoms with E-state index in [1.165, 1.54) is 12.8 Å². The van der Waals surface area contributed by atoms with Crippen LogP contribution < -0.4 is 5.32 Å². The lowest BCUT2D eigenvalue weighted by Crippen LogP contribution is -2.54. The molecule has 1 aliphatic carbocycles. The average molecular weight is 224 g/mol. The highest BCUT2D eigenvalue weighted by Gasteiger charge is 2.43. The molecular formula is C12H20N2O2. The second kappa shape index (κ2) is 3.70. The first-order chi connectivity index (χ1) is 7.67. The molecule has 1 saturated carbocycles. The number of nitrogens with zero attached hydrogens (tertiary/aromatic N) is 1. The van der Waals surface area contributed by atoms with Gasteiger partial charge in [-0.3, -0.25) is 9.69 Å². The molecule has 0 aromatic rings. The third-order valence-corrected chi connectivity index (χ3v) is 4.01. The summed E-state index contributed by atoms with van der Waals surface area (Å²) in [5.41, 5.74) is -0.257. The molecule has 3 rings (SSSR count). The Labute approximate surface area is 96.3 Å².